The predicted octanol–water partition coefficient (Wildman–Crippen LogP) is 3.06. The molecule has 0 aliphatic carbocycles. The number of ether oxygens (including phenoxy) is 1. The summed E-state index contributed by atoms with van der Waals surface area (Å²) in [5.41, 5.74) is -0.721. The van der Waals surface area contributed by atoms with Gasteiger partial charge in [0.25, 0.3) is 0 Å². The summed E-state index contributed by atoms with van der Waals surface area (Å²) >= 11 is 0. The minimum atomic E-state index is -1.01. The van der Waals surface area contributed by atoms with E-state index in [2.05, 4.69) is 4.85 Å². The molecule has 6 heteroatoms. The zero-order valence-corrected chi connectivity index (χ0v) is 15.8. The molecular formula is C18H30N2O4. The van der Waals surface area contributed by atoms with E-state index in [1.54, 1.807) is 20.8 Å². The van der Waals surface area contributed by atoms with Crippen LogP contribution in [0.2, 0.25) is 0 Å². The monoisotopic (exact) mass is 338 g/mol. The van der Waals surface area contributed by atoms with Crippen LogP contribution in [0.3, 0.4) is 0 Å². The number of hydrogen-bond donors (Lipinski definition) is 0. The normalized spacial score (nSPS) is 14.0. The second kappa shape index (κ2) is 9.41. The first-order valence-electron chi connectivity index (χ1n) is 8.29. The summed E-state index contributed by atoms with van der Waals surface area (Å²) in [5, 5.41) is 0. The van der Waals surface area contributed by atoms with E-state index in [1.807, 2.05) is 27.7 Å². The third kappa shape index (κ3) is 7.58. The number of nitrogens with zero attached hydrogens (tertiary/aromatic N) is 2. The molecule has 0 aromatic rings. The Bertz CT molecular complexity index is 486. The highest BCUT2D eigenvalue weighted by molar-refractivity contribution is 5.96. The van der Waals surface area contributed by atoms with Gasteiger partial charge in [0, 0.05) is 6.42 Å². The van der Waals surface area contributed by atoms with Crippen molar-refractivity contribution in [2.75, 3.05) is 0 Å². The van der Waals surface area contributed by atoms with Gasteiger partial charge in [-0.1, -0.05) is 27.7 Å². The number of esters is 1. The fraction of sp³-hybridized carbons (Fsp3) is 0.778. The lowest BCUT2D eigenvalue weighted by atomic mass is 9.99. The molecule has 0 unspecified atom stereocenters. The van der Waals surface area contributed by atoms with Crippen LogP contribution in [0.4, 0.5) is 0 Å². The van der Waals surface area contributed by atoms with E-state index in [0.29, 0.717) is 19.3 Å². The summed E-state index contributed by atoms with van der Waals surface area (Å²) in [4.78, 5) is 40.8. The lowest BCUT2D eigenvalue weighted by Crippen LogP contribution is -2.50. The second-order valence-corrected chi connectivity index (χ2v) is 7.80. The summed E-state index contributed by atoms with van der Waals surface area (Å²) in [5.74, 6) is -1.05. The molecule has 24 heavy (non-hydrogen) atoms. The molecule has 0 bridgehead atoms. The van der Waals surface area contributed by atoms with E-state index in [-0.39, 0.29) is 11.8 Å². The van der Waals surface area contributed by atoms with Crippen LogP contribution >= 0.6 is 0 Å². The van der Waals surface area contributed by atoms with Gasteiger partial charge in [0.1, 0.15) is 11.6 Å². The van der Waals surface area contributed by atoms with Gasteiger partial charge in [-0.15, -0.1) is 0 Å². The van der Waals surface area contributed by atoms with Gasteiger partial charge in [-0.25, -0.2) is 11.4 Å². The number of carbonyl (C=O) groups is 3. The van der Waals surface area contributed by atoms with Crippen LogP contribution in [0.1, 0.15) is 61.3 Å². The quantitative estimate of drug-likeness (QED) is 0.387. The van der Waals surface area contributed by atoms with Crippen molar-refractivity contribution in [2.24, 2.45) is 11.8 Å². The smallest absolute Gasteiger partial charge is 0.329 e. The van der Waals surface area contributed by atoms with Gasteiger partial charge in [0.2, 0.25) is 6.41 Å². The molecule has 0 aromatic carbocycles. The van der Waals surface area contributed by atoms with Crippen LogP contribution in [-0.4, -0.2) is 40.9 Å². The van der Waals surface area contributed by atoms with Gasteiger partial charge in [0.05, 0.1) is 0 Å². The molecule has 2 atom stereocenters. The summed E-state index contributed by atoms with van der Waals surface area (Å²) in [6.45, 7) is 20.0. The zero-order chi connectivity index (χ0) is 19.1. The molecule has 0 aliphatic heterocycles. The van der Waals surface area contributed by atoms with Gasteiger partial charge in [-0.3, -0.25) is 14.5 Å². The van der Waals surface area contributed by atoms with Crippen molar-refractivity contribution >= 4 is 18.3 Å². The average molecular weight is 338 g/mol. The molecule has 0 saturated heterocycles. The minimum Gasteiger partial charge on any atom is -0.458 e. The SMILES string of the molecule is [C-]#[N+][C@@H](CC(C)C)C(=O)N(C=O)[C@@H](CC(C)C)C(=O)OC(C)(C)C. The first kappa shape index (κ1) is 22.1. The molecule has 0 saturated carbocycles. The molecule has 0 radical (unpaired) electrons. The topological polar surface area (TPSA) is 68.0 Å². The standard InChI is InChI=1S/C18H30N2O4/c1-12(2)9-14(19-8)16(22)20(11-21)15(10-13(3)4)17(23)24-18(5,6)7/h11-15H,9-10H2,1-7H3/t14-,15-/m0/s1. The number of amides is 2. The van der Waals surface area contributed by atoms with Gasteiger partial charge < -0.3 is 9.58 Å². The average Bonchev–Trinajstić information content (AvgIpc) is 2.41. The van der Waals surface area contributed by atoms with Crippen molar-refractivity contribution < 1.29 is 19.1 Å². The fourth-order valence-corrected chi connectivity index (χ4v) is 2.25. The first-order valence-corrected chi connectivity index (χ1v) is 8.29. The Labute approximate surface area is 145 Å². The number of imide groups is 1. The largest absolute Gasteiger partial charge is 0.458 e. The lowest BCUT2D eigenvalue weighted by Gasteiger charge is -2.30. The molecule has 0 aliphatic rings. The van der Waals surface area contributed by atoms with Gasteiger partial charge in [-0.05, 0) is 39.0 Å². The van der Waals surface area contributed by atoms with Crippen molar-refractivity contribution in [3.8, 4) is 0 Å². The predicted molar refractivity (Wildman–Crippen MR) is 91.8 cm³/mol. The Kier molecular flexibility index (Phi) is 8.66. The Morgan fingerprint density at radius 2 is 1.62 bits per heavy atom. The van der Waals surface area contributed by atoms with Crippen LogP contribution in [0.25, 0.3) is 4.85 Å². The third-order valence-electron chi connectivity index (χ3n) is 3.21. The van der Waals surface area contributed by atoms with Crippen molar-refractivity contribution in [1.29, 1.82) is 0 Å². The van der Waals surface area contributed by atoms with Crippen molar-refractivity contribution in [3.63, 3.8) is 0 Å². The summed E-state index contributed by atoms with van der Waals surface area (Å²) in [6, 6.07) is -1.97. The molecule has 136 valence electrons. The molecule has 2 amide bonds. The lowest BCUT2D eigenvalue weighted by molar-refractivity contribution is -0.167. The van der Waals surface area contributed by atoms with E-state index in [1.165, 1.54) is 0 Å². The zero-order valence-electron chi connectivity index (χ0n) is 15.8. The summed E-state index contributed by atoms with van der Waals surface area (Å²) in [6.07, 6.45) is 0.985. The van der Waals surface area contributed by atoms with E-state index in [0.717, 1.165) is 4.90 Å². The molecule has 0 aromatic heterocycles. The van der Waals surface area contributed by atoms with Crippen LogP contribution in [0.5, 0.6) is 0 Å². The molecule has 6 nitrogen and oxygen atoms in total. The Balaban J connectivity index is 5.53. The highest BCUT2D eigenvalue weighted by atomic mass is 16.6. The maximum atomic E-state index is 12.6. The van der Waals surface area contributed by atoms with Crippen molar-refractivity contribution in [3.05, 3.63) is 11.4 Å². The molecule has 0 heterocycles. The van der Waals surface area contributed by atoms with Crippen molar-refractivity contribution in [1.82, 2.24) is 4.90 Å². The Morgan fingerprint density at radius 3 is 1.96 bits per heavy atom. The van der Waals surface area contributed by atoms with E-state index in [4.69, 9.17) is 11.3 Å². The van der Waals surface area contributed by atoms with E-state index < -0.39 is 29.6 Å². The van der Waals surface area contributed by atoms with Crippen LogP contribution in [0, 0.1) is 18.4 Å². The highest BCUT2D eigenvalue weighted by Crippen LogP contribution is 2.19. The van der Waals surface area contributed by atoms with Crippen LogP contribution in [-0.2, 0) is 19.1 Å². The van der Waals surface area contributed by atoms with Crippen molar-refractivity contribution in [2.45, 2.75) is 79.0 Å². The highest BCUT2D eigenvalue weighted by Gasteiger charge is 2.39. The Morgan fingerprint density at radius 1 is 1.12 bits per heavy atom. The summed E-state index contributed by atoms with van der Waals surface area (Å²) in [7, 11) is 0. The van der Waals surface area contributed by atoms with Crippen LogP contribution in [0.15, 0.2) is 0 Å². The number of carbonyl (C=O) groups excluding carboxylic acids is 3. The number of rotatable bonds is 8. The molecule has 0 N–H and O–H groups in total. The van der Waals surface area contributed by atoms with Gasteiger partial charge in [-0.2, -0.15) is 0 Å². The van der Waals surface area contributed by atoms with E-state index in [9.17, 15) is 14.4 Å². The van der Waals surface area contributed by atoms with Crippen LogP contribution < -0.4 is 0 Å². The van der Waals surface area contributed by atoms with Gasteiger partial charge in [0.15, 0.2) is 0 Å². The third-order valence-corrected chi connectivity index (χ3v) is 3.21. The van der Waals surface area contributed by atoms with Gasteiger partial charge >= 0.3 is 17.9 Å². The maximum Gasteiger partial charge on any atom is 0.329 e. The fourth-order valence-electron chi connectivity index (χ4n) is 2.25. The molecular weight excluding hydrogens is 308 g/mol. The first-order chi connectivity index (χ1) is 10.9. The molecule has 0 rings (SSSR count). The molecule has 0 spiro atoms. The maximum absolute atomic E-state index is 12.6. The summed E-state index contributed by atoms with van der Waals surface area (Å²) < 4.78 is 5.36. The second-order valence-electron chi connectivity index (χ2n) is 7.80. The van der Waals surface area contributed by atoms with E-state index >= 15 is 0 Å². The Hall–Kier alpha value is -1.90. The number of hydrogen-bond acceptors (Lipinski definition) is 4. The minimum absolute atomic E-state index is 0.0780. The molecule has 0 fully saturated rings.